The number of pyridine rings is 1. The molecule has 6 heteroatoms. The molecule has 1 fully saturated rings. The quantitative estimate of drug-likeness (QED) is 0.717. The lowest BCUT2D eigenvalue weighted by atomic mass is 10.2. The molecule has 0 aromatic carbocycles. The number of rotatable bonds is 7. The zero-order chi connectivity index (χ0) is 16.7. The molecule has 1 aliphatic rings. The van der Waals surface area contributed by atoms with Gasteiger partial charge in [0.1, 0.15) is 5.69 Å². The minimum Gasteiger partial charge on any atom is -0.368 e. The fourth-order valence-corrected chi connectivity index (χ4v) is 2.84. The van der Waals surface area contributed by atoms with Crippen LogP contribution >= 0.6 is 0 Å². The summed E-state index contributed by atoms with van der Waals surface area (Å²) in [6.07, 6.45) is 4.48. The zero-order valence-electron chi connectivity index (χ0n) is 14.1. The molecule has 1 aliphatic heterocycles. The molecule has 1 aromatic heterocycles. The molecule has 126 valence electrons. The molecule has 0 unspecified atom stereocenters. The largest absolute Gasteiger partial charge is 0.368 e. The van der Waals surface area contributed by atoms with E-state index in [2.05, 4.69) is 23.7 Å². The molecule has 2 heterocycles. The summed E-state index contributed by atoms with van der Waals surface area (Å²) in [5.74, 6) is 0.00192. The first-order chi connectivity index (χ1) is 11.2. The van der Waals surface area contributed by atoms with Gasteiger partial charge in [0.2, 0.25) is 6.41 Å². The third kappa shape index (κ3) is 4.43. The third-order valence-corrected chi connectivity index (χ3v) is 4.07. The molecule has 0 bridgehead atoms. The molecule has 0 N–H and O–H groups in total. The van der Waals surface area contributed by atoms with E-state index in [4.69, 9.17) is 0 Å². The van der Waals surface area contributed by atoms with Crippen molar-refractivity contribution < 1.29 is 9.59 Å². The standard InChI is InChI=1S/C17H26N4O2/c1-3-7-21(8-4-2)17(23)16-13-15(5-6-18-16)20-11-9-19(14-22)10-12-20/h5-6,13-14H,3-4,7-12H2,1-2H3. The Hall–Kier alpha value is -2.11. The van der Waals surface area contributed by atoms with E-state index in [1.807, 2.05) is 17.0 Å². The van der Waals surface area contributed by atoms with Gasteiger partial charge in [-0.1, -0.05) is 13.8 Å². The maximum atomic E-state index is 12.6. The van der Waals surface area contributed by atoms with Crippen LogP contribution in [0, 0.1) is 0 Å². The molecule has 0 atom stereocenters. The van der Waals surface area contributed by atoms with E-state index in [1.54, 1.807) is 11.1 Å². The van der Waals surface area contributed by atoms with Gasteiger partial charge in [0, 0.05) is 51.2 Å². The summed E-state index contributed by atoms with van der Waals surface area (Å²) < 4.78 is 0. The highest BCUT2D eigenvalue weighted by molar-refractivity contribution is 5.93. The fraction of sp³-hybridized carbons (Fsp3) is 0.588. The Bertz CT molecular complexity index is 521. The molecular formula is C17H26N4O2. The molecule has 2 amide bonds. The molecule has 1 aromatic rings. The van der Waals surface area contributed by atoms with Crippen LogP contribution in [0.5, 0.6) is 0 Å². The number of carbonyl (C=O) groups excluding carboxylic acids is 2. The van der Waals surface area contributed by atoms with Crippen molar-refractivity contribution in [2.45, 2.75) is 26.7 Å². The average molecular weight is 318 g/mol. The van der Waals surface area contributed by atoms with Gasteiger partial charge in [0.05, 0.1) is 0 Å². The Morgan fingerprint density at radius 1 is 1.22 bits per heavy atom. The first-order valence-electron chi connectivity index (χ1n) is 8.39. The SMILES string of the molecule is CCCN(CCC)C(=O)c1cc(N2CCN(C=O)CC2)ccn1. The maximum absolute atomic E-state index is 12.6. The van der Waals surface area contributed by atoms with E-state index in [-0.39, 0.29) is 5.91 Å². The number of aromatic nitrogens is 1. The number of hydrogen-bond donors (Lipinski definition) is 0. The Labute approximate surface area is 138 Å². The van der Waals surface area contributed by atoms with Gasteiger partial charge >= 0.3 is 0 Å². The van der Waals surface area contributed by atoms with Gasteiger partial charge in [-0.05, 0) is 25.0 Å². The minimum absolute atomic E-state index is 0.00192. The second-order valence-electron chi connectivity index (χ2n) is 5.82. The first kappa shape index (κ1) is 17.2. The molecule has 6 nitrogen and oxygen atoms in total. The van der Waals surface area contributed by atoms with Gasteiger partial charge < -0.3 is 14.7 Å². The molecule has 0 spiro atoms. The van der Waals surface area contributed by atoms with Gasteiger partial charge in [-0.2, -0.15) is 0 Å². The normalized spacial score (nSPS) is 14.7. The van der Waals surface area contributed by atoms with Gasteiger partial charge in [-0.25, -0.2) is 0 Å². The summed E-state index contributed by atoms with van der Waals surface area (Å²) in [6.45, 7) is 8.67. The van der Waals surface area contributed by atoms with E-state index in [0.29, 0.717) is 18.8 Å². The topological polar surface area (TPSA) is 56.8 Å². The molecule has 2 rings (SSSR count). The summed E-state index contributed by atoms with van der Waals surface area (Å²) in [7, 11) is 0. The Kier molecular flexibility index (Phi) is 6.38. The van der Waals surface area contributed by atoms with Crippen molar-refractivity contribution in [2.75, 3.05) is 44.2 Å². The highest BCUT2D eigenvalue weighted by Crippen LogP contribution is 2.17. The summed E-state index contributed by atoms with van der Waals surface area (Å²) in [6, 6.07) is 3.80. The van der Waals surface area contributed by atoms with Crippen molar-refractivity contribution in [3.05, 3.63) is 24.0 Å². The molecule has 1 saturated heterocycles. The zero-order valence-corrected chi connectivity index (χ0v) is 14.1. The minimum atomic E-state index is 0.00192. The van der Waals surface area contributed by atoms with Gasteiger partial charge in [-0.15, -0.1) is 0 Å². The molecule has 0 saturated carbocycles. The second kappa shape index (κ2) is 8.50. The van der Waals surface area contributed by atoms with Crippen LogP contribution in [0.3, 0.4) is 0 Å². The van der Waals surface area contributed by atoms with Crippen LogP contribution in [0.1, 0.15) is 37.2 Å². The van der Waals surface area contributed by atoms with E-state index >= 15 is 0 Å². The summed E-state index contributed by atoms with van der Waals surface area (Å²) in [4.78, 5) is 33.5. The smallest absolute Gasteiger partial charge is 0.272 e. The van der Waals surface area contributed by atoms with Gasteiger partial charge in [-0.3, -0.25) is 14.6 Å². The monoisotopic (exact) mass is 318 g/mol. The molecular weight excluding hydrogens is 292 g/mol. The van der Waals surface area contributed by atoms with Crippen molar-refractivity contribution in [1.29, 1.82) is 0 Å². The highest BCUT2D eigenvalue weighted by atomic mass is 16.2. The van der Waals surface area contributed by atoms with Crippen molar-refractivity contribution in [3.63, 3.8) is 0 Å². The van der Waals surface area contributed by atoms with E-state index in [1.165, 1.54) is 0 Å². The van der Waals surface area contributed by atoms with E-state index < -0.39 is 0 Å². The van der Waals surface area contributed by atoms with Crippen molar-refractivity contribution in [1.82, 2.24) is 14.8 Å². The number of amides is 2. The summed E-state index contributed by atoms with van der Waals surface area (Å²) in [5.41, 5.74) is 1.50. The maximum Gasteiger partial charge on any atom is 0.272 e. The number of anilines is 1. The summed E-state index contributed by atoms with van der Waals surface area (Å²) >= 11 is 0. The van der Waals surface area contributed by atoms with E-state index in [0.717, 1.165) is 51.1 Å². The lowest BCUT2D eigenvalue weighted by Gasteiger charge is -2.34. The Balaban J connectivity index is 2.09. The highest BCUT2D eigenvalue weighted by Gasteiger charge is 2.19. The van der Waals surface area contributed by atoms with Crippen LogP contribution < -0.4 is 4.90 Å². The summed E-state index contributed by atoms with van der Waals surface area (Å²) in [5, 5.41) is 0. The average Bonchev–Trinajstić information content (AvgIpc) is 2.61. The predicted octanol–water partition coefficient (Wildman–Crippen LogP) is 1.62. The fourth-order valence-electron chi connectivity index (χ4n) is 2.84. The Morgan fingerprint density at radius 2 is 1.87 bits per heavy atom. The first-order valence-corrected chi connectivity index (χ1v) is 8.39. The van der Waals surface area contributed by atoms with Crippen LogP contribution in [-0.2, 0) is 4.79 Å². The van der Waals surface area contributed by atoms with Crippen LogP contribution in [0.15, 0.2) is 18.3 Å². The molecule has 0 radical (unpaired) electrons. The number of carbonyl (C=O) groups is 2. The van der Waals surface area contributed by atoms with Gasteiger partial charge in [0.15, 0.2) is 0 Å². The lowest BCUT2D eigenvalue weighted by molar-refractivity contribution is -0.118. The lowest BCUT2D eigenvalue weighted by Crippen LogP contribution is -2.45. The van der Waals surface area contributed by atoms with Crippen LogP contribution in [0.4, 0.5) is 5.69 Å². The number of piperazine rings is 1. The number of hydrogen-bond acceptors (Lipinski definition) is 4. The van der Waals surface area contributed by atoms with Crippen LogP contribution in [-0.4, -0.2) is 66.4 Å². The van der Waals surface area contributed by atoms with Crippen molar-refractivity contribution in [3.8, 4) is 0 Å². The van der Waals surface area contributed by atoms with Crippen molar-refractivity contribution in [2.24, 2.45) is 0 Å². The van der Waals surface area contributed by atoms with Crippen molar-refractivity contribution >= 4 is 18.0 Å². The predicted molar refractivity (Wildman–Crippen MR) is 90.6 cm³/mol. The van der Waals surface area contributed by atoms with Crippen LogP contribution in [0.2, 0.25) is 0 Å². The van der Waals surface area contributed by atoms with Gasteiger partial charge in [0.25, 0.3) is 5.91 Å². The number of nitrogens with zero attached hydrogens (tertiary/aromatic N) is 4. The van der Waals surface area contributed by atoms with Crippen LogP contribution in [0.25, 0.3) is 0 Å². The molecule has 0 aliphatic carbocycles. The van der Waals surface area contributed by atoms with E-state index in [9.17, 15) is 9.59 Å². The second-order valence-corrected chi connectivity index (χ2v) is 5.82. The Morgan fingerprint density at radius 3 is 2.43 bits per heavy atom. The molecule has 23 heavy (non-hydrogen) atoms. The third-order valence-electron chi connectivity index (χ3n) is 4.07.